The molecule has 5 heteroatoms. The van der Waals surface area contributed by atoms with Crippen LogP contribution >= 0.6 is 22.6 Å². The molecule has 0 unspecified atom stereocenters. The Morgan fingerprint density at radius 2 is 1.68 bits per heavy atom. The minimum atomic E-state index is -0.449. The molecule has 0 saturated carbocycles. The standard InChI is InChI=1S/C23H21IN2O2/c1-14-21(24)10-15(12-25)11-22(14)26-23(27)28-13-20-18-8-4-2-6-16(18)17-7-3-5-9-19(17)20/h2-11,20H,12-13,25H2,1H3,(H,26,27). The molecule has 0 heterocycles. The second-order valence-corrected chi connectivity index (χ2v) is 8.07. The highest BCUT2D eigenvalue weighted by Gasteiger charge is 2.29. The first-order chi connectivity index (χ1) is 13.6. The van der Waals surface area contributed by atoms with Gasteiger partial charge in [0.05, 0.1) is 0 Å². The fourth-order valence-electron chi connectivity index (χ4n) is 3.73. The summed E-state index contributed by atoms with van der Waals surface area (Å²) in [5.74, 6) is 0.0507. The minimum Gasteiger partial charge on any atom is -0.448 e. The van der Waals surface area contributed by atoms with Crippen LogP contribution in [-0.4, -0.2) is 12.7 Å². The molecule has 0 aromatic heterocycles. The summed E-state index contributed by atoms with van der Waals surface area (Å²) in [6.45, 7) is 2.70. The van der Waals surface area contributed by atoms with Crippen LogP contribution < -0.4 is 11.1 Å². The summed E-state index contributed by atoms with van der Waals surface area (Å²) >= 11 is 2.25. The molecule has 0 saturated heterocycles. The first-order valence-electron chi connectivity index (χ1n) is 9.19. The van der Waals surface area contributed by atoms with E-state index in [2.05, 4.69) is 52.2 Å². The van der Waals surface area contributed by atoms with Crippen molar-refractivity contribution in [1.29, 1.82) is 0 Å². The molecule has 0 radical (unpaired) electrons. The van der Waals surface area contributed by atoms with Crippen LogP contribution in [0.3, 0.4) is 0 Å². The molecule has 3 N–H and O–H groups in total. The third-order valence-electron chi connectivity index (χ3n) is 5.22. The second kappa shape index (κ2) is 7.93. The Bertz CT molecular complexity index is 1000. The van der Waals surface area contributed by atoms with Gasteiger partial charge < -0.3 is 10.5 Å². The Hall–Kier alpha value is -2.38. The monoisotopic (exact) mass is 484 g/mol. The number of ether oxygens (including phenoxy) is 1. The number of fused-ring (bicyclic) bond motifs is 3. The highest BCUT2D eigenvalue weighted by molar-refractivity contribution is 14.1. The van der Waals surface area contributed by atoms with E-state index in [1.807, 2.05) is 43.3 Å². The zero-order chi connectivity index (χ0) is 19.7. The number of hydrogen-bond acceptors (Lipinski definition) is 3. The topological polar surface area (TPSA) is 64.3 Å². The third-order valence-corrected chi connectivity index (χ3v) is 6.34. The van der Waals surface area contributed by atoms with Crippen LogP contribution in [0.1, 0.15) is 28.2 Å². The van der Waals surface area contributed by atoms with Gasteiger partial charge in [0.25, 0.3) is 0 Å². The number of nitrogens with two attached hydrogens (primary N) is 1. The number of hydrogen-bond donors (Lipinski definition) is 2. The molecule has 142 valence electrons. The Labute approximate surface area is 178 Å². The SMILES string of the molecule is Cc1c(I)cc(CN)cc1NC(=O)OCC1c2ccccc2-c2ccccc21. The average Bonchev–Trinajstić information content (AvgIpc) is 3.03. The maximum atomic E-state index is 12.5. The van der Waals surface area contributed by atoms with Gasteiger partial charge in [-0.05, 0) is 75.0 Å². The number of carbonyl (C=O) groups excluding carboxylic acids is 1. The molecule has 4 rings (SSSR count). The maximum Gasteiger partial charge on any atom is 0.411 e. The highest BCUT2D eigenvalue weighted by Crippen LogP contribution is 2.44. The first kappa shape index (κ1) is 19.0. The number of nitrogens with one attached hydrogen (secondary N) is 1. The van der Waals surface area contributed by atoms with Gasteiger partial charge in [-0.25, -0.2) is 4.79 Å². The molecule has 1 aliphatic rings. The smallest absolute Gasteiger partial charge is 0.411 e. The fraction of sp³-hybridized carbons (Fsp3) is 0.174. The van der Waals surface area contributed by atoms with Crippen LogP contribution in [0, 0.1) is 10.5 Å². The summed E-state index contributed by atoms with van der Waals surface area (Å²) in [4.78, 5) is 12.5. The Morgan fingerprint density at radius 3 is 2.29 bits per heavy atom. The summed E-state index contributed by atoms with van der Waals surface area (Å²) in [5.41, 5.74) is 13.3. The molecule has 3 aromatic rings. The van der Waals surface area contributed by atoms with Crippen LogP contribution in [0.4, 0.5) is 10.5 Å². The lowest BCUT2D eigenvalue weighted by atomic mass is 9.98. The van der Waals surface area contributed by atoms with Gasteiger partial charge in [-0.2, -0.15) is 0 Å². The van der Waals surface area contributed by atoms with Crippen molar-refractivity contribution in [1.82, 2.24) is 0 Å². The molecule has 0 fully saturated rings. The van der Waals surface area contributed by atoms with Crippen LogP contribution in [-0.2, 0) is 11.3 Å². The summed E-state index contributed by atoms with van der Waals surface area (Å²) < 4.78 is 6.69. The van der Waals surface area contributed by atoms with Crippen LogP contribution in [0.5, 0.6) is 0 Å². The van der Waals surface area contributed by atoms with Gasteiger partial charge in [0.15, 0.2) is 0 Å². The maximum absolute atomic E-state index is 12.5. The van der Waals surface area contributed by atoms with Crippen molar-refractivity contribution in [2.45, 2.75) is 19.4 Å². The lowest BCUT2D eigenvalue weighted by molar-refractivity contribution is 0.158. The lowest BCUT2D eigenvalue weighted by Crippen LogP contribution is -2.19. The van der Waals surface area contributed by atoms with Crippen molar-refractivity contribution in [3.8, 4) is 11.1 Å². The van der Waals surface area contributed by atoms with E-state index in [1.54, 1.807) is 0 Å². The normalized spacial score (nSPS) is 12.4. The molecular formula is C23H21IN2O2. The first-order valence-corrected chi connectivity index (χ1v) is 10.3. The van der Waals surface area contributed by atoms with Crippen molar-refractivity contribution >= 4 is 34.4 Å². The summed E-state index contributed by atoms with van der Waals surface area (Å²) in [6, 6.07) is 20.5. The van der Waals surface area contributed by atoms with E-state index in [0.717, 1.165) is 20.4 Å². The van der Waals surface area contributed by atoms with Crippen molar-refractivity contribution < 1.29 is 9.53 Å². The quantitative estimate of drug-likeness (QED) is 0.487. The number of halogens is 1. The van der Waals surface area contributed by atoms with Gasteiger partial charge in [-0.15, -0.1) is 0 Å². The van der Waals surface area contributed by atoms with Gasteiger partial charge >= 0.3 is 6.09 Å². The predicted octanol–water partition coefficient (Wildman–Crippen LogP) is 5.42. The van der Waals surface area contributed by atoms with E-state index in [9.17, 15) is 4.79 Å². The number of anilines is 1. The van der Waals surface area contributed by atoms with Crippen molar-refractivity contribution in [3.63, 3.8) is 0 Å². The predicted molar refractivity (Wildman–Crippen MR) is 120 cm³/mol. The summed E-state index contributed by atoms with van der Waals surface area (Å²) in [6.07, 6.45) is -0.449. The number of rotatable bonds is 4. The minimum absolute atomic E-state index is 0.0507. The molecule has 4 nitrogen and oxygen atoms in total. The van der Waals surface area contributed by atoms with Gasteiger partial charge in [-0.1, -0.05) is 48.5 Å². The van der Waals surface area contributed by atoms with Crippen molar-refractivity contribution in [3.05, 3.63) is 86.5 Å². The molecule has 28 heavy (non-hydrogen) atoms. The third kappa shape index (κ3) is 3.52. The van der Waals surface area contributed by atoms with Crippen molar-refractivity contribution in [2.75, 3.05) is 11.9 Å². The van der Waals surface area contributed by atoms with Crippen LogP contribution in [0.25, 0.3) is 11.1 Å². The Morgan fingerprint density at radius 1 is 1.07 bits per heavy atom. The van der Waals surface area contributed by atoms with E-state index in [1.165, 1.54) is 22.3 Å². The van der Waals surface area contributed by atoms with E-state index in [-0.39, 0.29) is 5.92 Å². The number of amides is 1. The molecule has 0 aliphatic heterocycles. The zero-order valence-corrected chi connectivity index (χ0v) is 17.7. The average molecular weight is 484 g/mol. The van der Waals surface area contributed by atoms with Crippen LogP contribution in [0.15, 0.2) is 60.7 Å². The number of benzene rings is 3. The van der Waals surface area contributed by atoms with Crippen molar-refractivity contribution in [2.24, 2.45) is 5.73 Å². The van der Waals surface area contributed by atoms with Gasteiger partial charge in [-0.3, -0.25) is 5.32 Å². The molecular weight excluding hydrogens is 463 g/mol. The molecule has 1 amide bonds. The molecule has 3 aromatic carbocycles. The largest absolute Gasteiger partial charge is 0.448 e. The summed E-state index contributed by atoms with van der Waals surface area (Å²) in [5, 5.41) is 2.88. The van der Waals surface area contributed by atoms with E-state index >= 15 is 0 Å². The Balaban J connectivity index is 1.51. The molecule has 0 spiro atoms. The van der Waals surface area contributed by atoms with E-state index in [0.29, 0.717) is 13.2 Å². The highest BCUT2D eigenvalue weighted by atomic mass is 127. The van der Waals surface area contributed by atoms with Crippen LogP contribution in [0.2, 0.25) is 0 Å². The second-order valence-electron chi connectivity index (χ2n) is 6.90. The fourth-order valence-corrected chi connectivity index (χ4v) is 4.42. The van der Waals surface area contributed by atoms with Gasteiger partial charge in [0.2, 0.25) is 0 Å². The van der Waals surface area contributed by atoms with Gasteiger partial charge in [0.1, 0.15) is 6.61 Å². The molecule has 0 atom stereocenters. The molecule has 1 aliphatic carbocycles. The number of carbonyl (C=O) groups is 1. The lowest BCUT2D eigenvalue weighted by Gasteiger charge is -2.16. The van der Waals surface area contributed by atoms with Gasteiger partial charge in [0, 0.05) is 21.7 Å². The van der Waals surface area contributed by atoms with E-state index in [4.69, 9.17) is 10.5 Å². The zero-order valence-electron chi connectivity index (χ0n) is 15.5. The summed E-state index contributed by atoms with van der Waals surface area (Å²) in [7, 11) is 0. The Kier molecular flexibility index (Phi) is 5.37. The van der Waals surface area contributed by atoms with E-state index < -0.39 is 6.09 Å². The molecule has 0 bridgehead atoms.